The normalized spacial score (nSPS) is 30.3. The highest BCUT2D eigenvalue weighted by molar-refractivity contribution is 6.30. The molecule has 86 valence electrons. The van der Waals surface area contributed by atoms with Crippen LogP contribution in [0.25, 0.3) is 0 Å². The lowest BCUT2D eigenvalue weighted by Crippen LogP contribution is -2.40. The number of carbonyl (C=O) groups is 1. The molecule has 0 radical (unpaired) electrons. The summed E-state index contributed by atoms with van der Waals surface area (Å²) in [4.78, 5) is 13.6. The molecule has 1 aliphatic heterocycles. The SMILES string of the molecule is CC(Cl)C(=O)N1CC(CO)C2(CCC2)C1. The number of aliphatic hydroxyl groups excluding tert-OH is 1. The number of aliphatic hydroxyl groups is 1. The predicted octanol–water partition coefficient (Wildman–Crippen LogP) is 1.23. The van der Waals surface area contributed by atoms with E-state index < -0.39 is 5.38 Å². The second-order valence-corrected chi connectivity index (χ2v) is 5.58. The van der Waals surface area contributed by atoms with Crippen LogP contribution in [0.4, 0.5) is 0 Å². The van der Waals surface area contributed by atoms with Crippen LogP contribution in [0.1, 0.15) is 26.2 Å². The molecule has 2 fully saturated rings. The van der Waals surface area contributed by atoms with E-state index in [1.807, 2.05) is 4.90 Å². The second kappa shape index (κ2) is 3.95. The Bertz CT molecular complexity index is 263. The zero-order valence-corrected chi connectivity index (χ0v) is 9.83. The molecule has 2 rings (SSSR count). The van der Waals surface area contributed by atoms with E-state index in [1.54, 1.807) is 6.92 Å². The molecule has 1 aliphatic carbocycles. The smallest absolute Gasteiger partial charge is 0.240 e. The monoisotopic (exact) mass is 231 g/mol. The molecule has 0 aromatic carbocycles. The Morgan fingerprint density at radius 3 is 2.67 bits per heavy atom. The topological polar surface area (TPSA) is 40.5 Å². The fourth-order valence-electron chi connectivity index (χ4n) is 2.90. The zero-order valence-electron chi connectivity index (χ0n) is 9.08. The van der Waals surface area contributed by atoms with Crippen molar-refractivity contribution in [3.8, 4) is 0 Å². The number of likely N-dealkylation sites (tertiary alicyclic amines) is 1. The first kappa shape index (κ1) is 11.2. The first-order chi connectivity index (χ1) is 7.09. The number of nitrogens with zero attached hydrogens (tertiary/aromatic N) is 1. The summed E-state index contributed by atoms with van der Waals surface area (Å²) in [5.41, 5.74) is 0.218. The summed E-state index contributed by atoms with van der Waals surface area (Å²) < 4.78 is 0. The lowest BCUT2D eigenvalue weighted by Gasteiger charge is -2.42. The average molecular weight is 232 g/mol. The predicted molar refractivity (Wildman–Crippen MR) is 58.8 cm³/mol. The Morgan fingerprint density at radius 1 is 1.67 bits per heavy atom. The number of carbonyl (C=O) groups excluding carboxylic acids is 1. The third-order valence-corrected chi connectivity index (χ3v) is 4.22. The van der Waals surface area contributed by atoms with Crippen molar-refractivity contribution >= 4 is 17.5 Å². The molecule has 1 heterocycles. The summed E-state index contributed by atoms with van der Waals surface area (Å²) in [6.45, 7) is 3.39. The van der Waals surface area contributed by atoms with Gasteiger partial charge in [0.2, 0.25) is 5.91 Å². The Labute approximate surface area is 95.4 Å². The van der Waals surface area contributed by atoms with Gasteiger partial charge >= 0.3 is 0 Å². The third kappa shape index (κ3) is 1.76. The van der Waals surface area contributed by atoms with Crippen LogP contribution in [0, 0.1) is 11.3 Å². The first-order valence-electron chi connectivity index (χ1n) is 5.63. The maximum atomic E-state index is 11.7. The molecule has 3 nitrogen and oxygen atoms in total. The van der Waals surface area contributed by atoms with Crippen molar-refractivity contribution in [2.24, 2.45) is 11.3 Å². The lowest BCUT2D eigenvalue weighted by atomic mass is 9.63. The van der Waals surface area contributed by atoms with E-state index in [2.05, 4.69) is 0 Å². The number of amides is 1. The fourth-order valence-corrected chi connectivity index (χ4v) is 3.04. The molecule has 0 bridgehead atoms. The molecule has 4 heteroatoms. The summed E-state index contributed by atoms with van der Waals surface area (Å²) in [6.07, 6.45) is 3.53. The van der Waals surface area contributed by atoms with Crippen LogP contribution in [0.3, 0.4) is 0 Å². The van der Waals surface area contributed by atoms with Crippen molar-refractivity contribution in [3.63, 3.8) is 0 Å². The van der Waals surface area contributed by atoms with Gasteiger partial charge in [-0.3, -0.25) is 4.79 Å². The highest BCUT2D eigenvalue weighted by Crippen LogP contribution is 2.51. The molecule has 0 aromatic rings. The molecule has 2 unspecified atom stereocenters. The van der Waals surface area contributed by atoms with Crippen molar-refractivity contribution in [1.29, 1.82) is 0 Å². The second-order valence-electron chi connectivity index (χ2n) is 4.93. The molecule has 1 spiro atoms. The van der Waals surface area contributed by atoms with Crippen LogP contribution in [0.2, 0.25) is 0 Å². The van der Waals surface area contributed by atoms with Crippen molar-refractivity contribution in [1.82, 2.24) is 4.90 Å². The maximum absolute atomic E-state index is 11.7. The quantitative estimate of drug-likeness (QED) is 0.727. The van der Waals surface area contributed by atoms with Crippen molar-refractivity contribution in [2.45, 2.75) is 31.6 Å². The molecule has 15 heavy (non-hydrogen) atoms. The van der Waals surface area contributed by atoms with Crippen molar-refractivity contribution in [2.75, 3.05) is 19.7 Å². The third-order valence-electron chi connectivity index (χ3n) is 4.03. The minimum absolute atomic E-state index is 0.0129. The molecule has 2 aliphatic rings. The van der Waals surface area contributed by atoms with Gasteiger partial charge in [0.25, 0.3) is 0 Å². The molecule has 2 atom stereocenters. The molecule has 1 saturated heterocycles. The Kier molecular flexibility index (Phi) is 2.95. The van der Waals surface area contributed by atoms with Crippen LogP contribution < -0.4 is 0 Å². The van der Waals surface area contributed by atoms with E-state index >= 15 is 0 Å². The fraction of sp³-hybridized carbons (Fsp3) is 0.909. The lowest BCUT2D eigenvalue weighted by molar-refractivity contribution is -0.130. The molecule has 1 saturated carbocycles. The summed E-state index contributed by atoms with van der Waals surface area (Å²) >= 11 is 5.80. The Hall–Kier alpha value is -0.280. The van der Waals surface area contributed by atoms with Crippen LogP contribution in [-0.4, -0.2) is 41.0 Å². The number of hydrogen-bond donors (Lipinski definition) is 1. The Morgan fingerprint density at radius 2 is 2.33 bits per heavy atom. The highest BCUT2D eigenvalue weighted by Gasteiger charge is 2.51. The maximum Gasteiger partial charge on any atom is 0.240 e. The van der Waals surface area contributed by atoms with Crippen LogP contribution in [0.5, 0.6) is 0 Å². The van der Waals surface area contributed by atoms with Crippen LogP contribution in [0.15, 0.2) is 0 Å². The summed E-state index contributed by atoms with van der Waals surface area (Å²) in [5.74, 6) is 0.282. The van der Waals surface area contributed by atoms with E-state index in [-0.39, 0.29) is 23.8 Å². The van der Waals surface area contributed by atoms with Gasteiger partial charge in [0.1, 0.15) is 5.38 Å². The molecule has 1 N–H and O–H groups in total. The van der Waals surface area contributed by atoms with Gasteiger partial charge in [-0.05, 0) is 25.2 Å². The van der Waals surface area contributed by atoms with Gasteiger partial charge in [0, 0.05) is 25.6 Å². The van der Waals surface area contributed by atoms with Gasteiger partial charge < -0.3 is 10.0 Å². The standard InChI is InChI=1S/C11H18ClNO2/c1-8(12)10(15)13-5-9(6-14)11(7-13)3-2-4-11/h8-9,14H,2-7H2,1H3. The summed E-state index contributed by atoms with van der Waals surface area (Å²) in [5, 5.41) is 8.89. The van der Waals surface area contributed by atoms with Gasteiger partial charge in [-0.15, -0.1) is 11.6 Å². The van der Waals surface area contributed by atoms with Gasteiger partial charge in [0.05, 0.1) is 0 Å². The Balaban J connectivity index is 2.05. The minimum atomic E-state index is -0.445. The van der Waals surface area contributed by atoms with E-state index in [1.165, 1.54) is 6.42 Å². The van der Waals surface area contributed by atoms with E-state index in [0.717, 1.165) is 19.4 Å². The first-order valence-corrected chi connectivity index (χ1v) is 6.06. The van der Waals surface area contributed by atoms with Gasteiger partial charge in [0.15, 0.2) is 0 Å². The van der Waals surface area contributed by atoms with E-state index in [4.69, 9.17) is 11.6 Å². The number of alkyl halides is 1. The number of halogens is 1. The average Bonchev–Trinajstić information content (AvgIpc) is 2.55. The number of rotatable bonds is 2. The van der Waals surface area contributed by atoms with Crippen molar-refractivity contribution in [3.05, 3.63) is 0 Å². The van der Waals surface area contributed by atoms with Gasteiger partial charge in [-0.25, -0.2) is 0 Å². The highest BCUT2D eigenvalue weighted by atomic mass is 35.5. The molecule has 0 aromatic heterocycles. The molecule has 1 amide bonds. The summed E-state index contributed by atoms with van der Waals surface area (Å²) in [7, 11) is 0. The van der Waals surface area contributed by atoms with E-state index in [0.29, 0.717) is 6.54 Å². The zero-order chi connectivity index (χ0) is 11.1. The number of hydrogen-bond acceptors (Lipinski definition) is 2. The molecular weight excluding hydrogens is 214 g/mol. The minimum Gasteiger partial charge on any atom is -0.396 e. The van der Waals surface area contributed by atoms with Gasteiger partial charge in [-0.1, -0.05) is 6.42 Å². The largest absolute Gasteiger partial charge is 0.396 e. The van der Waals surface area contributed by atoms with Gasteiger partial charge in [-0.2, -0.15) is 0 Å². The van der Waals surface area contributed by atoms with Crippen molar-refractivity contribution < 1.29 is 9.90 Å². The van der Waals surface area contributed by atoms with Crippen LogP contribution in [-0.2, 0) is 4.79 Å². The molecular formula is C11H18ClNO2. The van der Waals surface area contributed by atoms with Crippen LogP contribution >= 0.6 is 11.6 Å². The summed E-state index contributed by atoms with van der Waals surface area (Å²) in [6, 6.07) is 0. The van der Waals surface area contributed by atoms with E-state index in [9.17, 15) is 9.90 Å².